The highest BCUT2D eigenvalue weighted by Crippen LogP contribution is 2.34. The fourth-order valence-electron chi connectivity index (χ4n) is 2.05. The highest BCUT2D eigenvalue weighted by atomic mass is 32.1. The Balaban J connectivity index is 2.04. The summed E-state index contributed by atoms with van der Waals surface area (Å²) in [6.07, 6.45) is 3.68. The van der Waals surface area contributed by atoms with Crippen molar-refractivity contribution in [1.82, 2.24) is 4.98 Å². The van der Waals surface area contributed by atoms with Gasteiger partial charge in [-0.1, -0.05) is 0 Å². The number of rotatable bonds is 4. The first-order chi connectivity index (χ1) is 9.81. The first-order valence-corrected chi connectivity index (χ1v) is 7.00. The van der Waals surface area contributed by atoms with Crippen molar-refractivity contribution >= 4 is 32.8 Å². The maximum Gasteiger partial charge on any atom is 0.142 e. The zero-order valence-corrected chi connectivity index (χ0v) is 12.0. The molecule has 5 heteroatoms. The van der Waals surface area contributed by atoms with E-state index in [1.54, 1.807) is 25.6 Å². The van der Waals surface area contributed by atoms with Gasteiger partial charge in [-0.25, -0.2) is 0 Å². The normalized spacial score (nSPS) is 10.5. The number of ether oxygens (including phenoxy) is 2. The third kappa shape index (κ3) is 2.28. The van der Waals surface area contributed by atoms with E-state index in [2.05, 4.69) is 21.7 Å². The van der Waals surface area contributed by atoms with Gasteiger partial charge in [-0.2, -0.15) is 0 Å². The average molecular weight is 286 g/mol. The number of aromatic nitrogens is 1. The lowest BCUT2D eigenvalue weighted by Gasteiger charge is -2.13. The smallest absolute Gasteiger partial charge is 0.142 e. The Kier molecular flexibility index (Phi) is 3.43. The van der Waals surface area contributed by atoms with Crippen LogP contribution in [0.4, 0.5) is 11.4 Å². The Bertz CT molecular complexity index is 740. The summed E-state index contributed by atoms with van der Waals surface area (Å²) in [6, 6.07) is 7.73. The second kappa shape index (κ2) is 5.38. The van der Waals surface area contributed by atoms with Crippen molar-refractivity contribution in [2.24, 2.45) is 0 Å². The van der Waals surface area contributed by atoms with Gasteiger partial charge in [-0.3, -0.25) is 4.98 Å². The predicted molar refractivity (Wildman–Crippen MR) is 82.4 cm³/mol. The fourth-order valence-corrected chi connectivity index (χ4v) is 2.83. The van der Waals surface area contributed by atoms with Crippen LogP contribution in [0.2, 0.25) is 0 Å². The molecule has 20 heavy (non-hydrogen) atoms. The van der Waals surface area contributed by atoms with E-state index in [9.17, 15) is 0 Å². The second-order valence-electron chi connectivity index (χ2n) is 4.21. The van der Waals surface area contributed by atoms with E-state index in [4.69, 9.17) is 9.47 Å². The Labute approximate surface area is 121 Å². The topological polar surface area (TPSA) is 43.4 Å². The number of methoxy groups -OCH3 is 2. The number of hydrogen-bond acceptors (Lipinski definition) is 5. The van der Waals surface area contributed by atoms with E-state index in [-0.39, 0.29) is 0 Å². The van der Waals surface area contributed by atoms with Gasteiger partial charge in [0.05, 0.1) is 36.5 Å². The first-order valence-electron chi connectivity index (χ1n) is 6.12. The highest BCUT2D eigenvalue weighted by Gasteiger charge is 2.08. The van der Waals surface area contributed by atoms with Crippen molar-refractivity contribution in [3.05, 3.63) is 42.0 Å². The molecule has 0 aliphatic carbocycles. The van der Waals surface area contributed by atoms with Crippen LogP contribution in [0, 0.1) is 0 Å². The van der Waals surface area contributed by atoms with Crippen LogP contribution in [0.5, 0.6) is 11.5 Å². The summed E-state index contributed by atoms with van der Waals surface area (Å²) in [6.45, 7) is 0. The van der Waals surface area contributed by atoms with Gasteiger partial charge in [-0.05, 0) is 23.6 Å². The van der Waals surface area contributed by atoms with E-state index in [1.807, 2.05) is 30.6 Å². The number of anilines is 2. The van der Waals surface area contributed by atoms with Gasteiger partial charge < -0.3 is 14.8 Å². The number of nitrogens with one attached hydrogen (secondary N) is 1. The summed E-state index contributed by atoms with van der Waals surface area (Å²) in [5.74, 6) is 1.54. The maximum atomic E-state index is 5.37. The van der Waals surface area contributed by atoms with Gasteiger partial charge >= 0.3 is 0 Å². The molecule has 0 spiro atoms. The van der Waals surface area contributed by atoms with Crippen molar-refractivity contribution in [2.45, 2.75) is 0 Å². The zero-order valence-electron chi connectivity index (χ0n) is 11.2. The molecule has 0 amide bonds. The third-order valence-electron chi connectivity index (χ3n) is 3.06. The second-order valence-corrected chi connectivity index (χ2v) is 5.16. The molecule has 0 saturated carbocycles. The van der Waals surface area contributed by atoms with E-state index in [1.165, 1.54) is 0 Å². The standard InChI is InChI=1S/C15H14N2O2S/c1-18-10-3-4-14(19-2)12(7-10)17-13-8-16-9-15-11(13)5-6-20-15/h3-9,17H,1-2H3. The molecule has 0 aliphatic rings. The Morgan fingerprint density at radius 3 is 2.75 bits per heavy atom. The molecule has 1 N–H and O–H groups in total. The van der Waals surface area contributed by atoms with Crippen LogP contribution < -0.4 is 14.8 Å². The first kappa shape index (κ1) is 12.7. The Morgan fingerprint density at radius 2 is 1.95 bits per heavy atom. The number of nitrogens with zero attached hydrogens (tertiary/aromatic N) is 1. The van der Waals surface area contributed by atoms with Gasteiger partial charge in [0.1, 0.15) is 11.5 Å². The molecule has 2 aromatic heterocycles. The van der Waals surface area contributed by atoms with E-state index >= 15 is 0 Å². The third-order valence-corrected chi connectivity index (χ3v) is 3.91. The van der Waals surface area contributed by atoms with Gasteiger partial charge in [0.15, 0.2) is 0 Å². The van der Waals surface area contributed by atoms with E-state index in [0.29, 0.717) is 0 Å². The molecule has 2 heterocycles. The van der Waals surface area contributed by atoms with Crippen molar-refractivity contribution in [1.29, 1.82) is 0 Å². The summed E-state index contributed by atoms with van der Waals surface area (Å²) in [5.41, 5.74) is 1.81. The molecule has 1 aromatic carbocycles. The van der Waals surface area contributed by atoms with Crippen LogP contribution in [0.3, 0.4) is 0 Å². The molecular formula is C15H14N2O2S. The van der Waals surface area contributed by atoms with Crippen molar-refractivity contribution in [3.63, 3.8) is 0 Å². The van der Waals surface area contributed by atoms with Crippen molar-refractivity contribution < 1.29 is 9.47 Å². The lowest BCUT2D eigenvalue weighted by Crippen LogP contribution is -1.96. The summed E-state index contributed by atoms with van der Waals surface area (Å²) in [7, 11) is 3.29. The highest BCUT2D eigenvalue weighted by molar-refractivity contribution is 7.17. The fraction of sp³-hybridized carbons (Fsp3) is 0.133. The average Bonchev–Trinajstić information content (AvgIpc) is 2.96. The predicted octanol–water partition coefficient (Wildman–Crippen LogP) is 4.06. The van der Waals surface area contributed by atoms with Gasteiger partial charge in [0.25, 0.3) is 0 Å². The molecule has 102 valence electrons. The van der Waals surface area contributed by atoms with Crippen LogP contribution in [0.15, 0.2) is 42.0 Å². The minimum absolute atomic E-state index is 0.762. The molecule has 3 aromatic rings. The lowest BCUT2D eigenvalue weighted by molar-refractivity contribution is 0.405. The monoisotopic (exact) mass is 286 g/mol. The molecule has 0 unspecified atom stereocenters. The molecule has 3 rings (SSSR count). The van der Waals surface area contributed by atoms with Crippen LogP contribution in [0.1, 0.15) is 0 Å². The van der Waals surface area contributed by atoms with Gasteiger partial charge in [0, 0.05) is 17.6 Å². The SMILES string of the molecule is COc1ccc(OC)c(Nc2cncc3sccc23)c1. The molecule has 0 atom stereocenters. The molecular weight excluding hydrogens is 272 g/mol. The summed E-state index contributed by atoms with van der Waals surface area (Å²) >= 11 is 1.67. The summed E-state index contributed by atoms with van der Waals surface area (Å²) < 4.78 is 11.8. The van der Waals surface area contributed by atoms with Crippen LogP contribution in [-0.4, -0.2) is 19.2 Å². The van der Waals surface area contributed by atoms with Gasteiger partial charge in [-0.15, -0.1) is 11.3 Å². The van der Waals surface area contributed by atoms with Crippen molar-refractivity contribution in [3.8, 4) is 11.5 Å². The van der Waals surface area contributed by atoms with Crippen LogP contribution in [0.25, 0.3) is 10.1 Å². The van der Waals surface area contributed by atoms with Crippen molar-refractivity contribution in [2.75, 3.05) is 19.5 Å². The minimum Gasteiger partial charge on any atom is -0.497 e. The number of hydrogen-bond donors (Lipinski definition) is 1. The Morgan fingerprint density at radius 1 is 1.05 bits per heavy atom. The number of thiophene rings is 1. The van der Waals surface area contributed by atoms with Gasteiger partial charge in [0.2, 0.25) is 0 Å². The summed E-state index contributed by atoms with van der Waals surface area (Å²) in [5, 5.41) is 6.57. The number of fused-ring (bicyclic) bond motifs is 1. The van der Waals surface area contributed by atoms with Crippen LogP contribution >= 0.6 is 11.3 Å². The molecule has 0 aliphatic heterocycles. The zero-order chi connectivity index (χ0) is 13.9. The summed E-state index contributed by atoms with van der Waals surface area (Å²) in [4.78, 5) is 4.26. The largest absolute Gasteiger partial charge is 0.497 e. The maximum absolute atomic E-state index is 5.37. The minimum atomic E-state index is 0.762. The van der Waals surface area contributed by atoms with Crippen LogP contribution in [-0.2, 0) is 0 Å². The molecule has 0 fully saturated rings. The quantitative estimate of drug-likeness (QED) is 0.785. The molecule has 0 bridgehead atoms. The van der Waals surface area contributed by atoms with E-state index < -0.39 is 0 Å². The number of pyridine rings is 1. The molecule has 0 saturated heterocycles. The van der Waals surface area contributed by atoms with E-state index in [0.717, 1.165) is 33.0 Å². The molecule has 4 nitrogen and oxygen atoms in total. The lowest BCUT2D eigenvalue weighted by atomic mass is 10.2. The number of benzene rings is 1. The molecule has 0 radical (unpaired) electrons. The Hall–Kier alpha value is -2.27.